The van der Waals surface area contributed by atoms with Crippen LogP contribution in [0.15, 0.2) is 23.2 Å². The summed E-state index contributed by atoms with van der Waals surface area (Å²) in [5.41, 5.74) is 0.863. The number of aliphatic imine (C=N–C) groups is 1. The van der Waals surface area contributed by atoms with Gasteiger partial charge in [0.05, 0.1) is 19.3 Å². The molecule has 0 radical (unpaired) electrons. The molecule has 138 valence electrons. The summed E-state index contributed by atoms with van der Waals surface area (Å²) < 4.78 is 5.13. The number of ether oxygens (including phenoxy) is 1. The first-order valence-electron chi connectivity index (χ1n) is 8.36. The van der Waals surface area contributed by atoms with Gasteiger partial charge in [-0.05, 0) is 31.7 Å². The van der Waals surface area contributed by atoms with Crippen molar-refractivity contribution in [2.45, 2.75) is 39.7 Å². The molecule has 3 N–H and O–H groups in total. The van der Waals surface area contributed by atoms with Crippen LogP contribution in [0.4, 0.5) is 0 Å². The highest BCUT2D eigenvalue weighted by atomic mass is 127. The fourth-order valence-corrected chi connectivity index (χ4v) is 2.34. The molecular weight excluding hydrogens is 419 g/mol. The Bertz CT molecular complexity index is 466. The fraction of sp³-hybridized carbons (Fsp3) is 0.647. The normalized spacial score (nSPS) is 12.2. The molecule has 6 nitrogen and oxygen atoms in total. The molecule has 0 aliphatic heterocycles. The molecule has 1 rings (SSSR count). The molecule has 0 amide bonds. The zero-order valence-corrected chi connectivity index (χ0v) is 17.2. The average molecular weight is 450 g/mol. The van der Waals surface area contributed by atoms with Crippen molar-refractivity contribution in [3.63, 3.8) is 0 Å². The summed E-state index contributed by atoms with van der Waals surface area (Å²) in [5, 5.41) is 15.7. The number of nitrogens with one attached hydrogen (secondary N) is 2. The van der Waals surface area contributed by atoms with Crippen LogP contribution in [0.25, 0.3) is 0 Å². The second-order valence-corrected chi connectivity index (χ2v) is 5.41. The van der Waals surface area contributed by atoms with Crippen LogP contribution < -0.4 is 15.4 Å². The molecule has 7 heteroatoms. The number of aromatic nitrogens is 1. The van der Waals surface area contributed by atoms with Gasteiger partial charge in [-0.1, -0.05) is 19.4 Å². The minimum Gasteiger partial charge on any atom is -0.481 e. The summed E-state index contributed by atoms with van der Waals surface area (Å²) in [6.07, 6.45) is 3.04. The third-order valence-corrected chi connectivity index (χ3v) is 3.53. The van der Waals surface area contributed by atoms with Crippen LogP contribution in [0, 0.1) is 5.92 Å². The first-order chi connectivity index (χ1) is 11.2. The Labute approximate surface area is 162 Å². The SMILES string of the molecule is CCCC(CCO)CNC(=NCc1cccc(OC)n1)NCC.I. The van der Waals surface area contributed by atoms with E-state index in [1.165, 1.54) is 0 Å². The van der Waals surface area contributed by atoms with Crippen molar-refractivity contribution in [1.82, 2.24) is 15.6 Å². The van der Waals surface area contributed by atoms with Gasteiger partial charge in [0.2, 0.25) is 5.88 Å². The first-order valence-corrected chi connectivity index (χ1v) is 8.36. The number of aliphatic hydroxyl groups is 1. The van der Waals surface area contributed by atoms with Crippen molar-refractivity contribution in [2.75, 3.05) is 26.8 Å². The quantitative estimate of drug-likeness (QED) is 0.290. The number of hydrogen-bond acceptors (Lipinski definition) is 4. The van der Waals surface area contributed by atoms with Crippen molar-refractivity contribution in [2.24, 2.45) is 10.9 Å². The minimum absolute atomic E-state index is 0. The van der Waals surface area contributed by atoms with Crippen molar-refractivity contribution in [1.29, 1.82) is 0 Å². The Morgan fingerprint density at radius 2 is 2.08 bits per heavy atom. The lowest BCUT2D eigenvalue weighted by Crippen LogP contribution is -2.40. The number of hydrogen-bond donors (Lipinski definition) is 3. The lowest BCUT2D eigenvalue weighted by Gasteiger charge is -2.18. The Morgan fingerprint density at radius 3 is 2.71 bits per heavy atom. The Hall–Kier alpha value is -1.09. The Balaban J connectivity index is 0.00000529. The molecule has 0 aromatic carbocycles. The predicted octanol–water partition coefficient (Wildman–Crippen LogP) is 2.56. The lowest BCUT2D eigenvalue weighted by atomic mass is 10.0. The van der Waals surface area contributed by atoms with Crippen LogP contribution in [0.5, 0.6) is 5.88 Å². The molecule has 1 aromatic rings. The maximum absolute atomic E-state index is 9.14. The van der Waals surface area contributed by atoms with Crippen molar-refractivity contribution in [3.8, 4) is 5.88 Å². The van der Waals surface area contributed by atoms with E-state index >= 15 is 0 Å². The third-order valence-electron chi connectivity index (χ3n) is 3.53. The molecular formula is C17H31IN4O2. The van der Waals surface area contributed by atoms with E-state index < -0.39 is 0 Å². The fourth-order valence-electron chi connectivity index (χ4n) is 2.34. The molecule has 0 saturated heterocycles. The van der Waals surface area contributed by atoms with E-state index in [0.29, 0.717) is 18.3 Å². The summed E-state index contributed by atoms with van der Waals surface area (Å²) in [4.78, 5) is 8.92. The number of halogens is 1. The van der Waals surface area contributed by atoms with Crippen LogP contribution in [0.3, 0.4) is 0 Å². The summed E-state index contributed by atoms with van der Waals surface area (Å²) in [6.45, 7) is 6.54. The zero-order valence-electron chi connectivity index (χ0n) is 14.9. The smallest absolute Gasteiger partial charge is 0.213 e. The highest BCUT2D eigenvalue weighted by molar-refractivity contribution is 14.0. The van der Waals surface area contributed by atoms with E-state index in [4.69, 9.17) is 9.84 Å². The van der Waals surface area contributed by atoms with Gasteiger partial charge in [0, 0.05) is 25.8 Å². The zero-order chi connectivity index (χ0) is 16.9. The molecule has 1 heterocycles. The van der Waals surface area contributed by atoms with E-state index in [0.717, 1.165) is 44.0 Å². The summed E-state index contributed by atoms with van der Waals surface area (Å²) in [7, 11) is 1.61. The number of guanidine groups is 1. The first kappa shape index (κ1) is 22.9. The van der Waals surface area contributed by atoms with Crippen molar-refractivity contribution < 1.29 is 9.84 Å². The van der Waals surface area contributed by atoms with E-state index in [9.17, 15) is 0 Å². The lowest BCUT2D eigenvalue weighted by molar-refractivity contribution is 0.251. The second-order valence-electron chi connectivity index (χ2n) is 5.41. The number of methoxy groups -OCH3 is 1. The summed E-state index contributed by atoms with van der Waals surface area (Å²) >= 11 is 0. The summed E-state index contributed by atoms with van der Waals surface area (Å²) in [5.74, 6) is 1.83. The standard InChI is InChI=1S/C17H30N4O2.HI/c1-4-7-14(10-11-22)12-19-17(18-5-2)20-13-15-8-6-9-16(21-15)23-3;/h6,8-9,14,22H,4-5,7,10-13H2,1-3H3,(H2,18,19,20);1H. The molecule has 24 heavy (non-hydrogen) atoms. The maximum atomic E-state index is 9.14. The number of nitrogens with zero attached hydrogens (tertiary/aromatic N) is 2. The molecule has 0 aliphatic carbocycles. The highest BCUT2D eigenvalue weighted by Crippen LogP contribution is 2.09. The third kappa shape index (κ3) is 9.27. The number of pyridine rings is 1. The van der Waals surface area contributed by atoms with Gasteiger partial charge in [-0.3, -0.25) is 0 Å². The molecule has 0 aliphatic rings. The molecule has 0 bridgehead atoms. The van der Waals surface area contributed by atoms with Gasteiger partial charge in [0.25, 0.3) is 0 Å². The molecule has 1 atom stereocenters. The van der Waals surface area contributed by atoms with Crippen LogP contribution in [-0.4, -0.2) is 42.9 Å². The molecule has 0 spiro atoms. The number of aliphatic hydroxyl groups excluding tert-OH is 1. The second kappa shape index (κ2) is 14.3. The van der Waals surface area contributed by atoms with E-state index in [1.807, 2.05) is 25.1 Å². The number of rotatable bonds is 10. The Kier molecular flexibility index (Phi) is 13.6. The van der Waals surface area contributed by atoms with Gasteiger partial charge < -0.3 is 20.5 Å². The topological polar surface area (TPSA) is 78.8 Å². The van der Waals surface area contributed by atoms with Gasteiger partial charge in [-0.15, -0.1) is 24.0 Å². The van der Waals surface area contributed by atoms with E-state index in [-0.39, 0.29) is 30.6 Å². The van der Waals surface area contributed by atoms with Crippen LogP contribution in [0.2, 0.25) is 0 Å². The summed E-state index contributed by atoms with van der Waals surface area (Å²) in [6, 6.07) is 5.66. The van der Waals surface area contributed by atoms with Gasteiger partial charge in [0.15, 0.2) is 5.96 Å². The van der Waals surface area contributed by atoms with Gasteiger partial charge in [0.1, 0.15) is 0 Å². The van der Waals surface area contributed by atoms with Crippen molar-refractivity contribution >= 4 is 29.9 Å². The molecule has 1 unspecified atom stereocenters. The minimum atomic E-state index is 0. The van der Waals surface area contributed by atoms with Gasteiger partial charge in [-0.2, -0.15) is 0 Å². The van der Waals surface area contributed by atoms with Crippen molar-refractivity contribution in [3.05, 3.63) is 23.9 Å². The van der Waals surface area contributed by atoms with Crippen LogP contribution in [0.1, 0.15) is 38.8 Å². The molecule has 1 aromatic heterocycles. The van der Waals surface area contributed by atoms with Crippen LogP contribution in [-0.2, 0) is 6.54 Å². The van der Waals surface area contributed by atoms with Gasteiger partial charge >= 0.3 is 0 Å². The van der Waals surface area contributed by atoms with E-state index in [2.05, 4.69) is 27.5 Å². The van der Waals surface area contributed by atoms with Crippen LogP contribution >= 0.6 is 24.0 Å². The van der Waals surface area contributed by atoms with E-state index in [1.54, 1.807) is 7.11 Å². The average Bonchev–Trinajstić information content (AvgIpc) is 2.57. The van der Waals surface area contributed by atoms with Gasteiger partial charge in [-0.25, -0.2) is 9.98 Å². The maximum Gasteiger partial charge on any atom is 0.213 e. The Morgan fingerprint density at radius 1 is 1.29 bits per heavy atom. The predicted molar refractivity (Wildman–Crippen MR) is 109 cm³/mol. The largest absolute Gasteiger partial charge is 0.481 e. The monoisotopic (exact) mass is 450 g/mol. The molecule has 0 saturated carbocycles. The highest BCUT2D eigenvalue weighted by Gasteiger charge is 2.08. The molecule has 0 fully saturated rings.